The molecule has 0 atom stereocenters. The highest BCUT2D eigenvalue weighted by Crippen LogP contribution is 2.35. The third kappa shape index (κ3) is 2.52. The summed E-state index contributed by atoms with van der Waals surface area (Å²) in [5, 5.41) is 2.91. The van der Waals surface area contributed by atoms with Gasteiger partial charge in [0.15, 0.2) is 0 Å². The summed E-state index contributed by atoms with van der Waals surface area (Å²) in [6, 6.07) is 25.9. The monoisotopic (exact) mass is 384 g/mol. The lowest BCUT2D eigenvalue weighted by Crippen LogP contribution is -2.11. The van der Waals surface area contributed by atoms with Gasteiger partial charge in [0, 0.05) is 28.7 Å². The molecule has 5 heteroatoms. The van der Waals surface area contributed by atoms with Gasteiger partial charge in [0.25, 0.3) is 10.0 Å². The summed E-state index contributed by atoms with van der Waals surface area (Å²) in [6.45, 7) is 0. The van der Waals surface area contributed by atoms with Gasteiger partial charge in [-0.15, -0.1) is 0 Å². The molecule has 0 fully saturated rings. The molecular weight excluding hydrogens is 368 g/mol. The Morgan fingerprint density at radius 3 is 2.21 bits per heavy atom. The van der Waals surface area contributed by atoms with Gasteiger partial charge in [0.05, 0.1) is 16.1 Å². The average Bonchev–Trinajstić information content (AvgIpc) is 3.14. The molecule has 0 aliphatic rings. The van der Waals surface area contributed by atoms with Crippen LogP contribution in [-0.4, -0.2) is 17.4 Å². The molecule has 0 saturated heterocycles. The number of hydrogen-bond acceptors (Lipinski definition) is 3. The van der Waals surface area contributed by atoms with Crippen molar-refractivity contribution in [3.63, 3.8) is 0 Å². The Labute approximate surface area is 162 Å². The van der Waals surface area contributed by atoms with Crippen molar-refractivity contribution in [3.8, 4) is 11.3 Å². The number of hydrogen-bond donors (Lipinski definition) is 0. The van der Waals surface area contributed by atoms with Crippen molar-refractivity contribution in [1.29, 1.82) is 0 Å². The van der Waals surface area contributed by atoms with Crippen LogP contribution in [0.1, 0.15) is 0 Å². The van der Waals surface area contributed by atoms with Gasteiger partial charge in [-0.05, 0) is 29.7 Å². The number of nitrogens with zero attached hydrogens (tertiary/aromatic N) is 2. The van der Waals surface area contributed by atoms with Crippen LogP contribution in [0.3, 0.4) is 0 Å². The molecule has 0 bridgehead atoms. The summed E-state index contributed by atoms with van der Waals surface area (Å²) in [6.07, 6.45) is 3.44. The van der Waals surface area contributed by atoms with E-state index in [4.69, 9.17) is 0 Å². The van der Waals surface area contributed by atoms with Crippen LogP contribution < -0.4 is 0 Å². The molecule has 28 heavy (non-hydrogen) atoms. The second-order valence-electron chi connectivity index (χ2n) is 6.55. The van der Waals surface area contributed by atoms with Crippen molar-refractivity contribution in [2.24, 2.45) is 0 Å². The lowest BCUT2D eigenvalue weighted by molar-refractivity contribution is 0.589. The van der Waals surface area contributed by atoms with E-state index < -0.39 is 10.0 Å². The Kier molecular flexibility index (Phi) is 3.77. The normalized spacial score (nSPS) is 11.9. The quantitative estimate of drug-likeness (QED) is 0.435. The van der Waals surface area contributed by atoms with Gasteiger partial charge < -0.3 is 0 Å². The minimum Gasteiger partial charge on any atom is -0.256 e. The number of rotatable bonds is 3. The molecule has 0 amide bonds. The van der Waals surface area contributed by atoms with Crippen LogP contribution in [0.4, 0.5) is 0 Å². The molecule has 0 saturated carbocycles. The zero-order chi connectivity index (χ0) is 19.1. The first-order valence-corrected chi connectivity index (χ1v) is 10.3. The summed E-state index contributed by atoms with van der Waals surface area (Å²) in [4.78, 5) is 4.84. The van der Waals surface area contributed by atoms with Crippen molar-refractivity contribution in [2.45, 2.75) is 4.90 Å². The first kappa shape index (κ1) is 16.7. The Morgan fingerprint density at radius 1 is 0.714 bits per heavy atom. The SMILES string of the molecule is O=S(=O)(c1ccccc1)n1cc(-c2nccc3ccccc23)c2ccccc21. The van der Waals surface area contributed by atoms with Crippen LogP contribution in [0.15, 0.2) is 102 Å². The Morgan fingerprint density at radius 2 is 1.39 bits per heavy atom. The average molecular weight is 384 g/mol. The van der Waals surface area contributed by atoms with Gasteiger partial charge in [0.2, 0.25) is 0 Å². The molecule has 136 valence electrons. The molecule has 3 aromatic carbocycles. The van der Waals surface area contributed by atoms with E-state index in [0.717, 1.165) is 27.4 Å². The standard InChI is InChI=1S/C23H16N2O2S/c26-28(27,18-9-2-1-3-10-18)25-16-21(20-12-6-7-13-22(20)25)23-19-11-5-4-8-17(19)14-15-24-23/h1-16H. The molecule has 4 nitrogen and oxygen atoms in total. The molecule has 0 aliphatic carbocycles. The first-order chi connectivity index (χ1) is 13.7. The van der Waals surface area contributed by atoms with Crippen molar-refractivity contribution >= 4 is 31.7 Å². The van der Waals surface area contributed by atoms with E-state index in [1.54, 1.807) is 42.7 Å². The summed E-state index contributed by atoms with van der Waals surface area (Å²) >= 11 is 0. The fraction of sp³-hybridized carbons (Fsp3) is 0. The van der Waals surface area contributed by atoms with Gasteiger partial charge in [-0.1, -0.05) is 60.7 Å². The summed E-state index contributed by atoms with van der Waals surface area (Å²) in [7, 11) is -3.72. The van der Waals surface area contributed by atoms with E-state index in [2.05, 4.69) is 4.98 Å². The number of pyridine rings is 1. The van der Waals surface area contributed by atoms with Crippen LogP contribution >= 0.6 is 0 Å². The van der Waals surface area contributed by atoms with Crippen molar-refractivity contribution in [2.75, 3.05) is 0 Å². The Hall–Kier alpha value is -3.44. The number of aromatic nitrogens is 2. The molecule has 5 rings (SSSR count). The third-order valence-corrected chi connectivity index (χ3v) is 6.59. The van der Waals surface area contributed by atoms with Crippen LogP contribution in [0.25, 0.3) is 32.9 Å². The van der Waals surface area contributed by atoms with Gasteiger partial charge in [-0.3, -0.25) is 4.98 Å². The summed E-state index contributed by atoms with van der Waals surface area (Å²) in [5.74, 6) is 0. The van der Waals surface area contributed by atoms with Gasteiger partial charge in [-0.2, -0.15) is 0 Å². The number of fused-ring (bicyclic) bond motifs is 2. The number of para-hydroxylation sites is 1. The van der Waals surface area contributed by atoms with E-state index in [9.17, 15) is 8.42 Å². The summed E-state index contributed by atoms with van der Waals surface area (Å²) in [5.41, 5.74) is 2.21. The molecule has 0 spiro atoms. The zero-order valence-corrected chi connectivity index (χ0v) is 15.7. The van der Waals surface area contributed by atoms with E-state index in [0.29, 0.717) is 5.52 Å². The van der Waals surface area contributed by atoms with E-state index in [-0.39, 0.29) is 4.90 Å². The van der Waals surface area contributed by atoms with Crippen molar-refractivity contribution in [1.82, 2.24) is 8.96 Å². The van der Waals surface area contributed by atoms with Crippen molar-refractivity contribution < 1.29 is 8.42 Å². The largest absolute Gasteiger partial charge is 0.268 e. The van der Waals surface area contributed by atoms with Crippen LogP contribution in [0, 0.1) is 0 Å². The zero-order valence-electron chi connectivity index (χ0n) is 14.9. The fourth-order valence-electron chi connectivity index (χ4n) is 3.58. The number of benzene rings is 3. The highest BCUT2D eigenvalue weighted by Gasteiger charge is 2.22. The lowest BCUT2D eigenvalue weighted by atomic mass is 10.0. The maximum Gasteiger partial charge on any atom is 0.268 e. The highest BCUT2D eigenvalue weighted by molar-refractivity contribution is 7.90. The van der Waals surface area contributed by atoms with Crippen LogP contribution in [0.5, 0.6) is 0 Å². The van der Waals surface area contributed by atoms with Gasteiger partial charge >= 0.3 is 0 Å². The van der Waals surface area contributed by atoms with E-state index in [1.165, 1.54) is 3.97 Å². The molecule has 0 unspecified atom stereocenters. The fourth-order valence-corrected chi connectivity index (χ4v) is 4.97. The molecule has 5 aromatic rings. The van der Waals surface area contributed by atoms with Crippen molar-refractivity contribution in [3.05, 3.63) is 97.3 Å². The predicted octanol–water partition coefficient (Wildman–Crippen LogP) is 5.09. The second kappa shape index (κ2) is 6.32. The second-order valence-corrected chi connectivity index (χ2v) is 8.37. The van der Waals surface area contributed by atoms with Crippen LogP contribution in [0.2, 0.25) is 0 Å². The Bertz CT molecular complexity index is 1420. The lowest BCUT2D eigenvalue weighted by Gasteiger charge is -2.07. The topological polar surface area (TPSA) is 52.0 Å². The smallest absolute Gasteiger partial charge is 0.256 e. The van der Waals surface area contributed by atoms with E-state index >= 15 is 0 Å². The summed E-state index contributed by atoms with van der Waals surface area (Å²) < 4.78 is 28.0. The maximum absolute atomic E-state index is 13.3. The van der Waals surface area contributed by atoms with Gasteiger partial charge in [0.1, 0.15) is 0 Å². The first-order valence-electron chi connectivity index (χ1n) is 8.91. The molecule has 0 aliphatic heterocycles. The van der Waals surface area contributed by atoms with Crippen LogP contribution in [-0.2, 0) is 10.0 Å². The molecular formula is C23H16N2O2S. The molecule has 0 N–H and O–H groups in total. The third-order valence-electron chi connectivity index (χ3n) is 4.91. The van der Waals surface area contributed by atoms with E-state index in [1.807, 2.05) is 54.6 Å². The minimum absolute atomic E-state index is 0.258. The molecule has 2 aromatic heterocycles. The minimum atomic E-state index is -3.72. The molecule has 2 heterocycles. The highest BCUT2D eigenvalue weighted by atomic mass is 32.2. The predicted molar refractivity (Wildman–Crippen MR) is 112 cm³/mol. The van der Waals surface area contributed by atoms with Gasteiger partial charge in [-0.25, -0.2) is 12.4 Å². The molecule has 0 radical (unpaired) electrons. The maximum atomic E-state index is 13.3. The Balaban J connectivity index is 1.84.